The van der Waals surface area contributed by atoms with Crippen molar-refractivity contribution >= 4 is 45.6 Å². The van der Waals surface area contributed by atoms with E-state index in [1.54, 1.807) is 23.2 Å². The Morgan fingerprint density at radius 1 is 1.15 bits per heavy atom. The van der Waals surface area contributed by atoms with E-state index in [1.807, 2.05) is 29.6 Å². The third-order valence-electron chi connectivity index (χ3n) is 3.46. The molecule has 2 aromatic heterocycles. The predicted molar refractivity (Wildman–Crippen MR) is 85.2 cm³/mol. The van der Waals surface area contributed by atoms with Crippen LogP contribution in [0.3, 0.4) is 0 Å². The highest BCUT2D eigenvalue weighted by Crippen LogP contribution is 2.38. The van der Waals surface area contributed by atoms with Gasteiger partial charge in [-0.3, -0.25) is 9.13 Å². The number of thiophene rings is 1. The smallest absolute Gasteiger partial charge is 0.295 e. The maximum atomic E-state index is 11.9. The Morgan fingerprint density at radius 2 is 1.85 bits per heavy atom. The lowest BCUT2D eigenvalue weighted by atomic mass is 10.1. The molecule has 0 amide bonds. The normalized spacial score (nSPS) is 13.0. The number of imidazole rings is 1. The number of rotatable bonds is 2. The maximum absolute atomic E-state index is 11.9. The molecule has 0 aliphatic carbocycles. The van der Waals surface area contributed by atoms with Crippen LogP contribution in [0.4, 0.5) is 0 Å². The Labute approximate surface area is 130 Å². The molecule has 3 nitrogen and oxygen atoms in total. The summed E-state index contributed by atoms with van der Waals surface area (Å²) in [5, 5.41) is 2.29. The highest BCUT2D eigenvalue weighted by molar-refractivity contribution is 7.11. The minimum atomic E-state index is -0.304. The van der Waals surface area contributed by atoms with Crippen molar-refractivity contribution in [2.24, 2.45) is 14.1 Å². The second kappa shape index (κ2) is 4.95. The van der Waals surface area contributed by atoms with Crippen molar-refractivity contribution in [3.05, 3.63) is 55.6 Å². The van der Waals surface area contributed by atoms with Crippen molar-refractivity contribution < 1.29 is 0 Å². The third kappa shape index (κ3) is 1.99. The van der Waals surface area contributed by atoms with Gasteiger partial charge in [-0.1, -0.05) is 17.7 Å². The fraction of sp³-hybridized carbons (Fsp3) is 0.214. The average molecular weight is 327 g/mol. The number of aryl methyl sites for hydroxylation is 2. The zero-order valence-electron chi connectivity index (χ0n) is 10.9. The van der Waals surface area contributed by atoms with E-state index in [1.165, 1.54) is 11.3 Å². The molecule has 2 heterocycles. The fourth-order valence-corrected chi connectivity index (χ4v) is 3.95. The Hall–Kier alpha value is -1.23. The van der Waals surface area contributed by atoms with E-state index in [0.29, 0.717) is 5.02 Å². The van der Waals surface area contributed by atoms with Crippen LogP contribution in [0.25, 0.3) is 11.0 Å². The lowest BCUT2D eigenvalue weighted by molar-refractivity contribution is 0.795. The first-order valence-electron chi connectivity index (χ1n) is 6.03. The molecule has 6 heteroatoms. The molecule has 104 valence electrons. The van der Waals surface area contributed by atoms with Gasteiger partial charge in [0.25, 0.3) is 0 Å². The van der Waals surface area contributed by atoms with Crippen LogP contribution in [0.1, 0.15) is 15.8 Å². The van der Waals surface area contributed by atoms with E-state index >= 15 is 0 Å². The summed E-state index contributed by atoms with van der Waals surface area (Å²) in [6, 6.07) is 7.65. The number of halogens is 2. The third-order valence-corrected chi connectivity index (χ3v) is 5.49. The second-order valence-corrected chi connectivity index (χ2v) is 6.44. The highest BCUT2D eigenvalue weighted by Gasteiger charge is 2.17. The van der Waals surface area contributed by atoms with Gasteiger partial charge < -0.3 is 0 Å². The van der Waals surface area contributed by atoms with Gasteiger partial charge in [0, 0.05) is 19.0 Å². The van der Waals surface area contributed by atoms with E-state index in [4.69, 9.17) is 23.2 Å². The van der Waals surface area contributed by atoms with Crippen LogP contribution in [0.15, 0.2) is 34.4 Å². The Balaban J connectivity index is 2.17. The molecule has 0 fully saturated rings. The summed E-state index contributed by atoms with van der Waals surface area (Å²) in [6.45, 7) is 0. The van der Waals surface area contributed by atoms with Crippen molar-refractivity contribution in [1.29, 1.82) is 0 Å². The van der Waals surface area contributed by atoms with Gasteiger partial charge in [0.1, 0.15) is 0 Å². The number of fused-ring (bicyclic) bond motifs is 1. The standard InChI is InChI=1S/C14H12Cl2N2OS/c1-17-10-4-3-8(7-11(10)18(2)14(17)19)12(16)13-9(15)5-6-20-13/h3-7,12H,1-2H3. The summed E-state index contributed by atoms with van der Waals surface area (Å²) in [4.78, 5) is 12.9. The molecular formula is C14H12Cl2N2OS. The largest absolute Gasteiger partial charge is 0.328 e. The van der Waals surface area contributed by atoms with Crippen LogP contribution in [-0.4, -0.2) is 9.13 Å². The quantitative estimate of drug-likeness (QED) is 0.656. The van der Waals surface area contributed by atoms with E-state index in [9.17, 15) is 4.79 Å². The lowest BCUT2D eigenvalue weighted by Crippen LogP contribution is -2.19. The summed E-state index contributed by atoms with van der Waals surface area (Å²) in [7, 11) is 3.52. The maximum Gasteiger partial charge on any atom is 0.328 e. The van der Waals surface area contributed by atoms with Crippen LogP contribution < -0.4 is 5.69 Å². The summed E-state index contributed by atoms with van der Waals surface area (Å²) in [6.07, 6.45) is 0. The van der Waals surface area contributed by atoms with Crippen LogP contribution in [0.5, 0.6) is 0 Å². The average Bonchev–Trinajstić information content (AvgIpc) is 2.97. The van der Waals surface area contributed by atoms with Gasteiger partial charge in [-0.25, -0.2) is 4.79 Å². The van der Waals surface area contributed by atoms with E-state index in [2.05, 4.69) is 0 Å². The van der Waals surface area contributed by atoms with Crippen molar-refractivity contribution in [3.63, 3.8) is 0 Å². The summed E-state index contributed by atoms with van der Waals surface area (Å²) in [5.74, 6) is 0. The molecule has 0 aliphatic heterocycles. The Bertz CT molecular complexity index is 847. The second-order valence-electron chi connectivity index (χ2n) is 4.64. The van der Waals surface area contributed by atoms with Gasteiger partial charge >= 0.3 is 5.69 Å². The molecule has 0 N–H and O–H groups in total. The van der Waals surface area contributed by atoms with Crippen LogP contribution in [-0.2, 0) is 14.1 Å². The van der Waals surface area contributed by atoms with Gasteiger partial charge in [-0.05, 0) is 29.1 Å². The summed E-state index contributed by atoms with van der Waals surface area (Å²) < 4.78 is 3.25. The molecule has 0 aliphatic rings. The van der Waals surface area contributed by atoms with Gasteiger partial charge in [0.05, 0.1) is 21.4 Å². The predicted octanol–water partition coefficient (Wildman–Crippen LogP) is 3.92. The molecule has 1 atom stereocenters. The van der Waals surface area contributed by atoms with E-state index < -0.39 is 0 Å². The highest BCUT2D eigenvalue weighted by atomic mass is 35.5. The van der Waals surface area contributed by atoms with Crippen molar-refractivity contribution in [3.8, 4) is 0 Å². The molecule has 20 heavy (non-hydrogen) atoms. The molecule has 3 aromatic rings. The first-order chi connectivity index (χ1) is 9.50. The SMILES string of the molecule is Cn1c(=O)n(C)c2cc(C(Cl)c3sccc3Cl)ccc21. The zero-order chi connectivity index (χ0) is 14.4. The number of hydrogen-bond donors (Lipinski definition) is 0. The van der Waals surface area contributed by atoms with Crippen molar-refractivity contribution in [1.82, 2.24) is 9.13 Å². The monoisotopic (exact) mass is 326 g/mol. The first kappa shape index (κ1) is 13.7. The molecule has 0 spiro atoms. The Morgan fingerprint density at radius 3 is 2.50 bits per heavy atom. The number of hydrogen-bond acceptors (Lipinski definition) is 2. The number of alkyl halides is 1. The lowest BCUT2D eigenvalue weighted by Gasteiger charge is -2.09. The first-order valence-corrected chi connectivity index (χ1v) is 7.72. The van der Waals surface area contributed by atoms with Gasteiger partial charge in [-0.15, -0.1) is 22.9 Å². The Kier molecular flexibility index (Phi) is 3.40. The van der Waals surface area contributed by atoms with Gasteiger partial charge in [0.15, 0.2) is 0 Å². The minimum Gasteiger partial charge on any atom is -0.295 e. The number of benzene rings is 1. The zero-order valence-corrected chi connectivity index (χ0v) is 13.3. The number of nitrogens with zero attached hydrogens (tertiary/aromatic N) is 2. The van der Waals surface area contributed by atoms with Crippen LogP contribution in [0.2, 0.25) is 5.02 Å². The molecule has 0 bridgehead atoms. The topological polar surface area (TPSA) is 26.9 Å². The van der Waals surface area contributed by atoms with Gasteiger partial charge in [-0.2, -0.15) is 0 Å². The summed E-state index contributed by atoms with van der Waals surface area (Å²) in [5.41, 5.74) is 2.65. The minimum absolute atomic E-state index is 0.0440. The van der Waals surface area contributed by atoms with Crippen molar-refractivity contribution in [2.45, 2.75) is 5.38 Å². The molecule has 1 unspecified atom stereocenters. The number of aromatic nitrogens is 2. The fourth-order valence-electron chi connectivity index (χ4n) is 2.32. The molecule has 1 aromatic carbocycles. The molecule has 3 rings (SSSR count). The van der Waals surface area contributed by atoms with E-state index in [-0.39, 0.29) is 11.1 Å². The van der Waals surface area contributed by atoms with Gasteiger partial charge in [0.2, 0.25) is 0 Å². The van der Waals surface area contributed by atoms with Crippen molar-refractivity contribution in [2.75, 3.05) is 0 Å². The molecular weight excluding hydrogens is 315 g/mol. The van der Waals surface area contributed by atoms with E-state index in [0.717, 1.165) is 21.5 Å². The van der Waals surface area contributed by atoms with Crippen LogP contribution >= 0.6 is 34.5 Å². The summed E-state index contributed by atoms with van der Waals surface area (Å²) >= 11 is 14.2. The molecule has 0 radical (unpaired) electrons. The van der Waals surface area contributed by atoms with Crippen LogP contribution in [0, 0.1) is 0 Å². The molecule has 0 saturated heterocycles. The molecule has 0 saturated carbocycles.